The summed E-state index contributed by atoms with van der Waals surface area (Å²) in [6.07, 6.45) is 0. The summed E-state index contributed by atoms with van der Waals surface area (Å²) < 4.78 is 0. The molecule has 1 heterocycles. The van der Waals surface area contributed by atoms with Gasteiger partial charge >= 0.3 is 0 Å². The maximum Gasteiger partial charge on any atom is 0.136 e. The number of aliphatic imine (C=N–C) groups is 2. The van der Waals surface area contributed by atoms with E-state index >= 15 is 0 Å². The molecule has 1 aromatic carbocycles. The molecule has 0 spiro atoms. The smallest absolute Gasteiger partial charge is 0.136 e. The SMILES string of the molecule is CN=C1c2ccccc2C(=NC)N1C. The summed E-state index contributed by atoms with van der Waals surface area (Å²) in [5.74, 6) is 1.97. The molecular weight excluding hydrogens is 174 g/mol. The van der Waals surface area contributed by atoms with Gasteiger partial charge in [-0.1, -0.05) is 24.3 Å². The van der Waals surface area contributed by atoms with Crippen molar-refractivity contribution >= 4 is 11.7 Å². The van der Waals surface area contributed by atoms with Crippen LogP contribution in [0.5, 0.6) is 0 Å². The summed E-state index contributed by atoms with van der Waals surface area (Å²) in [5.41, 5.74) is 2.33. The Morgan fingerprint density at radius 3 is 1.71 bits per heavy atom. The maximum atomic E-state index is 4.27. The number of hydrogen-bond donors (Lipinski definition) is 0. The number of amidine groups is 2. The number of rotatable bonds is 0. The first-order valence-electron chi connectivity index (χ1n) is 4.56. The number of fused-ring (bicyclic) bond motifs is 1. The Bertz CT molecular complexity index is 379. The summed E-state index contributed by atoms with van der Waals surface area (Å²) in [4.78, 5) is 10.6. The van der Waals surface area contributed by atoms with Crippen molar-refractivity contribution in [3.63, 3.8) is 0 Å². The van der Waals surface area contributed by atoms with E-state index in [1.165, 1.54) is 0 Å². The second-order valence-corrected chi connectivity index (χ2v) is 3.20. The molecule has 0 atom stereocenters. The summed E-state index contributed by atoms with van der Waals surface area (Å²) in [6, 6.07) is 8.20. The Labute approximate surface area is 83.8 Å². The fraction of sp³-hybridized carbons (Fsp3) is 0.273. The Balaban J connectivity index is 2.68. The predicted octanol–water partition coefficient (Wildman–Crippen LogP) is 1.38. The molecule has 0 aliphatic carbocycles. The molecule has 0 fully saturated rings. The predicted molar refractivity (Wildman–Crippen MR) is 59.1 cm³/mol. The minimum atomic E-state index is 0.987. The van der Waals surface area contributed by atoms with Gasteiger partial charge in [0.15, 0.2) is 0 Å². The van der Waals surface area contributed by atoms with Crippen molar-refractivity contribution in [1.29, 1.82) is 0 Å². The molecule has 3 nitrogen and oxygen atoms in total. The van der Waals surface area contributed by atoms with Crippen LogP contribution in [0.4, 0.5) is 0 Å². The number of nitrogens with zero attached hydrogens (tertiary/aromatic N) is 3. The fourth-order valence-electron chi connectivity index (χ4n) is 1.88. The second kappa shape index (κ2) is 3.25. The number of benzene rings is 1. The zero-order valence-corrected chi connectivity index (χ0v) is 8.65. The van der Waals surface area contributed by atoms with Crippen LogP contribution < -0.4 is 0 Å². The molecule has 0 unspecified atom stereocenters. The van der Waals surface area contributed by atoms with Gasteiger partial charge in [0, 0.05) is 32.3 Å². The van der Waals surface area contributed by atoms with Gasteiger partial charge < -0.3 is 4.90 Å². The monoisotopic (exact) mass is 187 g/mol. The topological polar surface area (TPSA) is 28.0 Å². The molecule has 3 heteroatoms. The van der Waals surface area contributed by atoms with E-state index in [9.17, 15) is 0 Å². The van der Waals surface area contributed by atoms with Gasteiger partial charge in [-0.2, -0.15) is 0 Å². The van der Waals surface area contributed by atoms with Crippen LogP contribution in [0.2, 0.25) is 0 Å². The highest BCUT2D eigenvalue weighted by molar-refractivity contribution is 6.24. The number of hydrogen-bond acceptors (Lipinski definition) is 2. The van der Waals surface area contributed by atoms with Gasteiger partial charge in [0.25, 0.3) is 0 Å². The van der Waals surface area contributed by atoms with Crippen molar-refractivity contribution in [2.24, 2.45) is 9.98 Å². The van der Waals surface area contributed by atoms with Crippen molar-refractivity contribution in [2.45, 2.75) is 0 Å². The first kappa shape index (κ1) is 8.94. The van der Waals surface area contributed by atoms with E-state index in [0.29, 0.717) is 0 Å². The standard InChI is InChI=1S/C11H13N3/c1-12-10-8-6-4-5-7-9(8)11(13-2)14(10)3/h4-7H,1-3H3. The molecule has 0 N–H and O–H groups in total. The third-order valence-corrected chi connectivity index (χ3v) is 2.47. The van der Waals surface area contributed by atoms with Gasteiger partial charge in [0.1, 0.15) is 11.7 Å². The summed E-state index contributed by atoms with van der Waals surface area (Å²) in [6.45, 7) is 0. The van der Waals surface area contributed by atoms with E-state index in [-0.39, 0.29) is 0 Å². The fourth-order valence-corrected chi connectivity index (χ4v) is 1.88. The van der Waals surface area contributed by atoms with E-state index in [1.54, 1.807) is 14.1 Å². The third kappa shape index (κ3) is 1.05. The van der Waals surface area contributed by atoms with E-state index < -0.39 is 0 Å². The van der Waals surface area contributed by atoms with E-state index in [0.717, 1.165) is 22.8 Å². The van der Waals surface area contributed by atoms with Crippen molar-refractivity contribution in [2.75, 3.05) is 21.1 Å². The van der Waals surface area contributed by atoms with Crippen LogP contribution in [0.1, 0.15) is 11.1 Å². The highest BCUT2D eigenvalue weighted by Crippen LogP contribution is 2.22. The molecule has 0 saturated carbocycles. The molecule has 0 radical (unpaired) electrons. The highest BCUT2D eigenvalue weighted by Gasteiger charge is 2.27. The lowest BCUT2D eigenvalue weighted by Crippen LogP contribution is -2.26. The zero-order chi connectivity index (χ0) is 10.1. The molecule has 0 amide bonds. The van der Waals surface area contributed by atoms with Crippen LogP contribution in [0.25, 0.3) is 0 Å². The van der Waals surface area contributed by atoms with Gasteiger partial charge in [-0.25, -0.2) is 0 Å². The molecule has 1 aromatic rings. The average Bonchev–Trinajstić information content (AvgIpc) is 2.49. The molecule has 14 heavy (non-hydrogen) atoms. The first-order chi connectivity index (χ1) is 6.79. The van der Waals surface area contributed by atoms with Gasteiger partial charge in [-0.3, -0.25) is 9.98 Å². The van der Waals surface area contributed by atoms with Crippen LogP contribution in [0.3, 0.4) is 0 Å². The van der Waals surface area contributed by atoms with Crippen LogP contribution in [-0.2, 0) is 0 Å². The Morgan fingerprint density at radius 1 is 0.929 bits per heavy atom. The molecule has 0 aromatic heterocycles. The van der Waals surface area contributed by atoms with E-state index in [1.807, 2.05) is 24.1 Å². The zero-order valence-electron chi connectivity index (χ0n) is 8.65. The van der Waals surface area contributed by atoms with Crippen LogP contribution in [0.15, 0.2) is 34.3 Å². The van der Waals surface area contributed by atoms with Gasteiger partial charge in [0.05, 0.1) is 0 Å². The lowest BCUT2D eigenvalue weighted by atomic mass is 10.1. The average molecular weight is 187 g/mol. The van der Waals surface area contributed by atoms with Crippen molar-refractivity contribution in [1.82, 2.24) is 4.90 Å². The van der Waals surface area contributed by atoms with Gasteiger partial charge in [0.2, 0.25) is 0 Å². The largest absolute Gasteiger partial charge is 0.314 e. The summed E-state index contributed by atoms with van der Waals surface area (Å²) >= 11 is 0. The molecule has 1 aliphatic heterocycles. The second-order valence-electron chi connectivity index (χ2n) is 3.20. The molecule has 1 aliphatic rings. The Morgan fingerprint density at radius 2 is 1.36 bits per heavy atom. The Hall–Kier alpha value is -1.64. The molecular formula is C11H13N3. The lowest BCUT2D eigenvalue weighted by molar-refractivity contribution is 0.766. The van der Waals surface area contributed by atoms with Gasteiger partial charge in [-0.15, -0.1) is 0 Å². The molecule has 0 bridgehead atoms. The van der Waals surface area contributed by atoms with E-state index in [2.05, 4.69) is 22.1 Å². The van der Waals surface area contributed by atoms with Crippen molar-refractivity contribution in [3.8, 4) is 0 Å². The van der Waals surface area contributed by atoms with Crippen molar-refractivity contribution < 1.29 is 0 Å². The van der Waals surface area contributed by atoms with E-state index in [4.69, 9.17) is 0 Å². The molecule has 0 saturated heterocycles. The lowest BCUT2D eigenvalue weighted by Gasteiger charge is -2.11. The first-order valence-corrected chi connectivity index (χ1v) is 4.56. The summed E-state index contributed by atoms with van der Waals surface area (Å²) in [7, 11) is 5.60. The quantitative estimate of drug-likeness (QED) is 0.603. The molecule has 2 rings (SSSR count). The normalized spacial score (nSPS) is 20.6. The van der Waals surface area contributed by atoms with Gasteiger partial charge in [-0.05, 0) is 0 Å². The van der Waals surface area contributed by atoms with Crippen LogP contribution >= 0.6 is 0 Å². The van der Waals surface area contributed by atoms with Crippen LogP contribution in [-0.4, -0.2) is 37.7 Å². The highest BCUT2D eigenvalue weighted by atomic mass is 15.2. The van der Waals surface area contributed by atoms with Crippen molar-refractivity contribution in [3.05, 3.63) is 35.4 Å². The Kier molecular flexibility index (Phi) is 2.08. The summed E-state index contributed by atoms with van der Waals surface area (Å²) in [5, 5.41) is 0. The maximum absolute atomic E-state index is 4.27. The molecule has 72 valence electrons. The minimum absolute atomic E-state index is 0.987. The minimum Gasteiger partial charge on any atom is -0.314 e. The van der Waals surface area contributed by atoms with Crippen LogP contribution in [0, 0.1) is 0 Å². The third-order valence-electron chi connectivity index (χ3n) is 2.47.